The minimum Gasteiger partial charge on any atom is -0.368 e. The summed E-state index contributed by atoms with van der Waals surface area (Å²) in [6.45, 7) is 7.24. The van der Waals surface area contributed by atoms with E-state index in [0.717, 1.165) is 42.5 Å². The number of aromatic amines is 1. The lowest BCUT2D eigenvalue weighted by Crippen LogP contribution is -2.36. The molecule has 0 saturated heterocycles. The average molecular weight is 460 g/mol. The van der Waals surface area contributed by atoms with Crippen molar-refractivity contribution in [3.63, 3.8) is 0 Å². The van der Waals surface area contributed by atoms with E-state index < -0.39 is 5.41 Å². The average Bonchev–Trinajstić information content (AvgIpc) is 3.34. The van der Waals surface area contributed by atoms with Gasteiger partial charge in [0, 0.05) is 30.0 Å². The molecule has 1 aliphatic heterocycles. The van der Waals surface area contributed by atoms with E-state index in [0.29, 0.717) is 30.2 Å². The van der Waals surface area contributed by atoms with E-state index in [2.05, 4.69) is 77.2 Å². The van der Waals surface area contributed by atoms with Crippen molar-refractivity contribution in [2.24, 2.45) is 11.8 Å². The number of hydrogen-bond acceptors (Lipinski definition) is 5. The fraction of sp³-hybridized carbons (Fsp3) is 0.462. The van der Waals surface area contributed by atoms with E-state index >= 15 is 0 Å². The van der Waals surface area contributed by atoms with Crippen LogP contribution in [0.4, 0.5) is 0 Å². The third kappa shape index (κ3) is 4.13. The number of nitrogens with one attached hydrogen (secondary N) is 2. The summed E-state index contributed by atoms with van der Waals surface area (Å²) in [5, 5.41) is 17.5. The highest BCUT2D eigenvalue weighted by Gasteiger charge is 2.42. The Morgan fingerprint density at radius 3 is 2.74 bits per heavy atom. The second kappa shape index (κ2) is 9.08. The molecule has 5 rings (SSSR count). The molecule has 3 heterocycles. The van der Waals surface area contributed by atoms with Crippen LogP contribution in [0.2, 0.25) is 0 Å². The van der Waals surface area contributed by atoms with Gasteiger partial charge in [-0.2, -0.15) is 0 Å². The van der Waals surface area contributed by atoms with Crippen LogP contribution in [0.15, 0.2) is 59.8 Å². The van der Waals surface area contributed by atoms with Gasteiger partial charge in [0.25, 0.3) is 0 Å². The van der Waals surface area contributed by atoms with Gasteiger partial charge in [-0.1, -0.05) is 57.5 Å². The number of hydrogen-bond donors (Lipinski definition) is 2. The Bertz CT molecular complexity index is 1240. The van der Waals surface area contributed by atoms with Gasteiger partial charge in [0.2, 0.25) is 0 Å². The number of rotatable bonds is 9. The molecule has 1 aromatic carbocycles. The highest BCUT2D eigenvalue weighted by atomic mass is 16.1. The number of unbranched alkanes of at least 4 members (excludes halogenated alkanes) is 1. The van der Waals surface area contributed by atoms with Crippen LogP contribution in [-0.2, 0) is 18.4 Å². The highest BCUT2D eigenvalue weighted by Crippen LogP contribution is 2.47. The van der Waals surface area contributed by atoms with Crippen molar-refractivity contribution in [2.75, 3.05) is 0 Å². The Morgan fingerprint density at radius 2 is 2.06 bits per heavy atom. The van der Waals surface area contributed by atoms with E-state index in [1.165, 1.54) is 0 Å². The molecule has 2 N–H and O–H groups in total. The van der Waals surface area contributed by atoms with Gasteiger partial charge in [-0.3, -0.25) is 9.13 Å². The molecule has 8 heteroatoms. The molecule has 2 aromatic heterocycles. The molecule has 1 fully saturated rings. The van der Waals surface area contributed by atoms with Crippen molar-refractivity contribution in [1.82, 2.24) is 35.1 Å². The van der Waals surface area contributed by atoms with Crippen LogP contribution >= 0.6 is 0 Å². The highest BCUT2D eigenvalue weighted by molar-refractivity contribution is 5.57. The third-order valence-electron chi connectivity index (χ3n) is 7.28. The van der Waals surface area contributed by atoms with Gasteiger partial charge in [-0.15, -0.1) is 5.10 Å². The zero-order valence-corrected chi connectivity index (χ0v) is 20.1. The molecule has 8 nitrogen and oxygen atoms in total. The molecule has 178 valence electrons. The minimum atomic E-state index is -0.466. The molecule has 2 aliphatic rings. The molecule has 0 spiro atoms. The summed E-state index contributed by atoms with van der Waals surface area (Å²) in [4.78, 5) is 13.7. The molecular formula is C26H33N7O. The van der Waals surface area contributed by atoms with Crippen LogP contribution in [0.25, 0.3) is 11.4 Å². The van der Waals surface area contributed by atoms with Gasteiger partial charge in [-0.05, 0) is 65.6 Å². The fourth-order valence-corrected chi connectivity index (χ4v) is 5.14. The second-order valence-corrected chi connectivity index (χ2v) is 9.92. The Hall–Kier alpha value is -3.42. The molecular weight excluding hydrogens is 426 g/mol. The summed E-state index contributed by atoms with van der Waals surface area (Å²) in [7, 11) is 0. The first kappa shape index (κ1) is 22.4. The van der Waals surface area contributed by atoms with Crippen molar-refractivity contribution >= 4 is 0 Å². The molecule has 0 amide bonds. The molecule has 2 unspecified atom stereocenters. The zero-order chi connectivity index (χ0) is 23.7. The summed E-state index contributed by atoms with van der Waals surface area (Å²) in [5.41, 5.74) is 2.76. The Morgan fingerprint density at radius 1 is 1.24 bits per heavy atom. The maximum absolute atomic E-state index is 13.7. The molecule has 0 bridgehead atoms. The van der Waals surface area contributed by atoms with E-state index in [1.54, 1.807) is 0 Å². The molecule has 0 radical (unpaired) electrons. The predicted octanol–water partition coefficient (Wildman–Crippen LogP) is 3.96. The fourth-order valence-electron chi connectivity index (χ4n) is 5.14. The van der Waals surface area contributed by atoms with Crippen LogP contribution < -0.4 is 11.0 Å². The third-order valence-corrected chi connectivity index (χ3v) is 7.28. The maximum Gasteiger partial charge on any atom is 0.328 e. The standard InChI is InChI=1S/C26H33N7O/c1-4-5-9-21-16-32(23-15-22(23)18(2)3)25(34)33(21)17-26(10-12-27-13-11-26)20-8-6-7-19(14-20)24-28-30-31-29-24/h6-8,10-14,16,18,22-23,27H,4-5,9,15,17H2,1-3H3,(H,28,29,30,31). The van der Waals surface area contributed by atoms with Crippen LogP contribution in [-0.4, -0.2) is 29.8 Å². The first-order valence-electron chi connectivity index (χ1n) is 12.3. The van der Waals surface area contributed by atoms with Gasteiger partial charge in [0.05, 0.1) is 5.41 Å². The lowest BCUT2D eigenvalue weighted by atomic mass is 9.78. The normalized spacial score (nSPS) is 20.6. The largest absolute Gasteiger partial charge is 0.368 e. The number of aromatic nitrogens is 6. The summed E-state index contributed by atoms with van der Waals surface area (Å²) < 4.78 is 4.02. The lowest BCUT2D eigenvalue weighted by molar-refractivity contribution is 0.474. The van der Waals surface area contributed by atoms with E-state index in [9.17, 15) is 4.79 Å². The number of tetrazole rings is 1. The Kier molecular flexibility index (Phi) is 5.98. The van der Waals surface area contributed by atoms with Gasteiger partial charge in [-0.25, -0.2) is 9.89 Å². The number of aryl methyl sites for hydroxylation is 1. The smallest absolute Gasteiger partial charge is 0.328 e. The monoisotopic (exact) mass is 459 g/mol. The molecule has 3 aromatic rings. The van der Waals surface area contributed by atoms with E-state index in [4.69, 9.17) is 0 Å². The van der Waals surface area contributed by atoms with Crippen LogP contribution in [0, 0.1) is 11.8 Å². The molecule has 2 atom stereocenters. The number of allylic oxidation sites excluding steroid dienone is 2. The van der Waals surface area contributed by atoms with Crippen molar-refractivity contribution < 1.29 is 0 Å². The van der Waals surface area contributed by atoms with Crippen LogP contribution in [0.1, 0.15) is 57.3 Å². The Balaban J connectivity index is 1.55. The molecule has 1 saturated carbocycles. The number of H-pyrrole nitrogens is 1. The van der Waals surface area contributed by atoms with Crippen LogP contribution in [0.3, 0.4) is 0 Å². The number of dihydropyridines is 1. The summed E-state index contributed by atoms with van der Waals surface area (Å²) in [6.07, 6.45) is 14.5. The van der Waals surface area contributed by atoms with Crippen molar-refractivity contribution in [2.45, 2.75) is 64.5 Å². The Labute approximate surface area is 199 Å². The number of nitrogens with zero attached hydrogens (tertiary/aromatic N) is 5. The van der Waals surface area contributed by atoms with Crippen molar-refractivity contribution in [3.8, 4) is 11.4 Å². The van der Waals surface area contributed by atoms with Gasteiger partial charge in [0.1, 0.15) is 0 Å². The number of imidazole rings is 1. The maximum atomic E-state index is 13.7. The minimum absolute atomic E-state index is 0.106. The zero-order valence-electron chi connectivity index (χ0n) is 20.1. The molecule has 1 aliphatic carbocycles. The van der Waals surface area contributed by atoms with Crippen molar-refractivity contribution in [3.05, 3.63) is 76.8 Å². The topological polar surface area (TPSA) is 93.4 Å². The van der Waals surface area contributed by atoms with Gasteiger partial charge >= 0.3 is 5.69 Å². The lowest BCUT2D eigenvalue weighted by Gasteiger charge is -2.31. The molecule has 34 heavy (non-hydrogen) atoms. The number of benzene rings is 1. The first-order chi connectivity index (χ1) is 16.5. The van der Waals surface area contributed by atoms with E-state index in [1.807, 2.05) is 33.7 Å². The van der Waals surface area contributed by atoms with E-state index in [-0.39, 0.29) is 5.69 Å². The summed E-state index contributed by atoms with van der Waals surface area (Å²) >= 11 is 0. The predicted molar refractivity (Wildman–Crippen MR) is 132 cm³/mol. The summed E-state index contributed by atoms with van der Waals surface area (Å²) in [6, 6.07) is 8.54. The SMILES string of the molecule is CCCCc1cn(C2CC2C(C)C)c(=O)n1CC1(c2cccc(-c3nnn[nH]3)c2)C=CNC=C1. The first-order valence-corrected chi connectivity index (χ1v) is 12.3. The quantitative estimate of drug-likeness (QED) is 0.505. The van der Waals surface area contributed by atoms with Crippen LogP contribution in [0.5, 0.6) is 0 Å². The van der Waals surface area contributed by atoms with Gasteiger partial charge in [0.15, 0.2) is 5.82 Å². The van der Waals surface area contributed by atoms with Gasteiger partial charge < -0.3 is 5.32 Å². The van der Waals surface area contributed by atoms with Crippen molar-refractivity contribution in [1.29, 1.82) is 0 Å². The second-order valence-electron chi connectivity index (χ2n) is 9.92. The summed E-state index contributed by atoms with van der Waals surface area (Å²) in [5.74, 6) is 1.81.